The summed E-state index contributed by atoms with van der Waals surface area (Å²) in [6, 6.07) is 9.98. The van der Waals surface area contributed by atoms with E-state index in [1.54, 1.807) is 7.11 Å². The number of piperidine rings is 1. The first kappa shape index (κ1) is 26.0. The number of para-hydroxylation sites is 1. The highest BCUT2D eigenvalue weighted by molar-refractivity contribution is 14.0. The maximum atomic E-state index is 5.95. The van der Waals surface area contributed by atoms with Gasteiger partial charge >= 0.3 is 0 Å². The number of unbranched alkanes of at least 4 members (excludes halogenated alkanes) is 1. The number of aliphatic imine (C=N–C) groups is 1. The van der Waals surface area contributed by atoms with Gasteiger partial charge in [-0.3, -0.25) is 4.99 Å². The minimum atomic E-state index is 0. The largest absolute Gasteiger partial charge is 0.494 e. The average molecular weight is 519 g/mol. The number of halogens is 1. The molecule has 166 valence electrons. The maximum Gasteiger partial charge on any atom is 0.193 e. The van der Waals surface area contributed by atoms with Crippen LogP contribution < -0.4 is 10.1 Å². The van der Waals surface area contributed by atoms with Crippen LogP contribution in [0.5, 0.6) is 5.75 Å². The van der Waals surface area contributed by atoms with Gasteiger partial charge in [0.15, 0.2) is 5.96 Å². The molecule has 0 bridgehead atoms. The number of nitrogens with one attached hydrogen (secondary N) is 1. The lowest BCUT2D eigenvalue weighted by molar-refractivity contribution is 0.00990. The highest BCUT2D eigenvalue weighted by atomic mass is 127. The van der Waals surface area contributed by atoms with Crippen molar-refractivity contribution in [2.45, 2.75) is 45.1 Å². The molecule has 0 spiro atoms. The van der Waals surface area contributed by atoms with Crippen molar-refractivity contribution in [2.24, 2.45) is 4.99 Å². The second-order valence-electron chi connectivity index (χ2n) is 7.01. The predicted molar refractivity (Wildman–Crippen MR) is 130 cm³/mol. The van der Waals surface area contributed by atoms with Gasteiger partial charge in [0.25, 0.3) is 0 Å². The van der Waals surface area contributed by atoms with E-state index in [0.29, 0.717) is 6.10 Å². The molecule has 1 aromatic rings. The summed E-state index contributed by atoms with van der Waals surface area (Å²) in [4.78, 5) is 7.17. The van der Waals surface area contributed by atoms with Crippen LogP contribution in [0.15, 0.2) is 35.3 Å². The summed E-state index contributed by atoms with van der Waals surface area (Å²) in [5, 5.41) is 3.43. The molecule has 0 unspecified atom stereocenters. The normalized spacial score (nSPS) is 15.1. The summed E-state index contributed by atoms with van der Waals surface area (Å²) in [7, 11) is 1.73. The van der Waals surface area contributed by atoms with Gasteiger partial charge in [0, 0.05) is 46.5 Å². The smallest absolute Gasteiger partial charge is 0.193 e. The Balaban J connectivity index is 0.00000420. The number of hydrogen-bond acceptors (Lipinski definition) is 4. The molecule has 1 aliphatic heterocycles. The Labute approximate surface area is 193 Å². The van der Waals surface area contributed by atoms with Crippen molar-refractivity contribution in [1.29, 1.82) is 0 Å². The first-order valence-corrected chi connectivity index (χ1v) is 10.6. The van der Waals surface area contributed by atoms with Gasteiger partial charge in [0.1, 0.15) is 5.75 Å². The summed E-state index contributed by atoms with van der Waals surface area (Å²) in [6.45, 7) is 8.13. The van der Waals surface area contributed by atoms with Crippen LogP contribution in [-0.2, 0) is 9.47 Å². The minimum Gasteiger partial charge on any atom is -0.494 e. The van der Waals surface area contributed by atoms with Crippen molar-refractivity contribution in [3.63, 3.8) is 0 Å². The molecule has 0 saturated carbocycles. The van der Waals surface area contributed by atoms with Crippen LogP contribution in [0.3, 0.4) is 0 Å². The van der Waals surface area contributed by atoms with Gasteiger partial charge in [-0.25, -0.2) is 0 Å². The van der Waals surface area contributed by atoms with Gasteiger partial charge in [0.2, 0.25) is 0 Å². The number of guanidine groups is 1. The van der Waals surface area contributed by atoms with Gasteiger partial charge in [-0.1, -0.05) is 18.2 Å². The molecule has 1 aliphatic rings. The molecule has 1 aromatic carbocycles. The van der Waals surface area contributed by atoms with Crippen molar-refractivity contribution in [3.05, 3.63) is 30.3 Å². The predicted octanol–water partition coefficient (Wildman–Crippen LogP) is 3.95. The first-order valence-electron chi connectivity index (χ1n) is 10.6. The molecule has 7 heteroatoms. The zero-order valence-corrected chi connectivity index (χ0v) is 20.3. The molecular formula is C22H38IN3O3. The number of nitrogens with zero attached hydrogens (tertiary/aromatic N) is 2. The summed E-state index contributed by atoms with van der Waals surface area (Å²) in [6.07, 6.45) is 5.49. The third kappa shape index (κ3) is 11.1. The van der Waals surface area contributed by atoms with Crippen LogP contribution >= 0.6 is 24.0 Å². The second-order valence-corrected chi connectivity index (χ2v) is 7.01. The first-order chi connectivity index (χ1) is 13.8. The summed E-state index contributed by atoms with van der Waals surface area (Å²) in [5.41, 5.74) is 0. The van der Waals surface area contributed by atoms with Crippen molar-refractivity contribution in [1.82, 2.24) is 10.2 Å². The quantitative estimate of drug-likeness (QED) is 0.196. The Hall–Kier alpha value is -1.06. The standard InChI is InChI=1S/C22H37N3O3.HI/c1-3-23-22(24-14-7-8-18-27-20-10-5-4-6-11-20)25-15-12-21(13-16-25)28-19-9-17-26-2;/h4-6,10-11,21H,3,7-9,12-19H2,1-2H3,(H,23,24);1H. The Morgan fingerprint density at radius 2 is 1.83 bits per heavy atom. The SMILES string of the molecule is CCNC(=NCCCCOc1ccccc1)N1CCC(OCCCOC)CC1.I. The summed E-state index contributed by atoms with van der Waals surface area (Å²) >= 11 is 0. The summed E-state index contributed by atoms with van der Waals surface area (Å²) in [5.74, 6) is 1.97. The van der Waals surface area contributed by atoms with Crippen molar-refractivity contribution < 1.29 is 14.2 Å². The number of likely N-dealkylation sites (tertiary alicyclic amines) is 1. The van der Waals surface area contributed by atoms with Crippen LogP contribution in [-0.4, -0.2) is 70.1 Å². The molecule has 1 fully saturated rings. The Kier molecular flexibility index (Phi) is 15.0. The fourth-order valence-corrected chi connectivity index (χ4v) is 3.22. The van der Waals surface area contributed by atoms with E-state index in [-0.39, 0.29) is 24.0 Å². The molecule has 29 heavy (non-hydrogen) atoms. The molecule has 0 aliphatic carbocycles. The van der Waals surface area contributed by atoms with Gasteiger partial charge < -0.3 is 24.4 Å². The Bertz CT molecular complexity index is 537. The second kappa shape index (κ2) is 16.7. The maximum absolute atomic E-state index is 5.95. The molecule has 0 amide bonds. The molecule has 1 saturated heterocycles. The third-order valence-electron chi connectivity index (χ3n) is 4.75. The van der Waals surface area contributed by atoms with Crippen LogP contribution in [0.2, 0.25) is 0 Å². The topological polar surface area (TPSA) is 55.3 Å². The molecule has 1 heterocycles. The lowest BCUT2D eigenvalue weighted by atomic mass is 10.1. The molecule has 0 radical (unpaired) electrons. The van der Waals surface area contributed by atoms with Gasteiger partial charge in [-0.05, 0) is 51.2 Å². The van der Waals surface area contributed by atoms with E-state index in [1.165, 1.54) is 0 Å². The Morgan fingerprint density at radius 3 is 2.52 bits per heavy atom. The van der Waals surface area contributed by atoms with Crippen molar-refractivity contribution in [2.75, 3.05) is 53.1 Å². The van der Waals surface area contributed by atoms with E-state index in [0.717, 1.165) is 89.8 Å². The number of hydrogen-bond donors (Lipinski definition) is 1. The molecule has 0 atom stereocenters. The molecule has 1 N–H and O–H groups in total. The number of rotatable bonds is 12. The highest BCUT2D eigenvalue weighted by Crippen LogP contribution is 2.14. The van der Waals surface area contributed by atoms with E-state index >= 15 is 0 Å². The Morgan fingerprint density at radius 1 is 1.07 bits per heavy atom. The lowest BCUT2D eigenvalue weighted by Gasteiger charge is -2.34. The van der Waals surface area contributed by atoms with Crippen LogP contribution in [0.25, 0.3) is 0 Å². The number of methoxy groups -OCH3 is 1. The third-order valence-corrected chi connectivity index (χ3v) is 4.75. The average Bonchev–Trinajstić information content (AvgIpc) is 2.74. The van der Waals surface area contributed by atoms with Crippen LogP contribution in [0.1, 0.15) is 39.0 Å². The van der Waals surface area contributed by atoms with Gasteiger partial charge in [-0.2, -0.15) is 0 Å². The van der Waals surface area contributed by atoms with E-state index in [2.05, 4.69) is 17.1 Å². The van der Waals surface area contributed by atoms with Gasteiger partial charge in [0.05, 0.1) is 12.7 Å². The van der Waals surface area contributed by atoms with E-state index in [1.807, 2.05) is 30.3 Å². The zero-order valence-electron chi connectivity index (χ0n) is 18.0. The van der Waals surface area contributed by atoms with E-state index in [9.17, 15) is 0 Å². The van der Waals surface area contributed by atoms with Gasteiger partial charge in [-0.15, -0.1) is 24.0 Å². The van der Waals surface area contributed by atoms with E-state index in [4.69, 9.17) is 19.2 Å². The highest BCUT2D eigenvalue weighted by Gasteiger charge is 2.21. The monoisotopic (exact) mass is 519 g/mol. The van der Waals surface area contributed by atoms with Crippen LogP contribution in [0, 0.1) is 0 Å². The van der Waals surface area contributed by atoms with Crippen molar-refractivity contribution in [3.8, 4) is 5.75 Å². The van der Waals surface area contributed by atoms with E-state index < -0.39 is 0 Å². The number of ether oxygens (including phenoxy) is 3. The molecular weight excluding hydrogens is 481 g/mol. The number of benzene rings is 1. The molecule has 0 aromatic heterocycles. The zero-order chi connectivity index (χ0) is 19.9. The van der Waals surface area contributed by atoms with Crippen LogP contribution in [0.4, 0.5) is 0 Å². The fraction of sp³-hybridized carbons (Fsp3) is 0.682. The lowest BCUT2D eigenvalue weighted by Crippen LogP contribution is -2.47. The van der Waals surface area contributed by atoms with Crippen molar-refractivity contribution >= 4 is 29.9 Å². The molecule has 2 rings (SSSR count). The fourth-order valence-electron chi connectivity index (χ4n) is 3.22. The molecule has 6 nitrogen and oxygen atoms in total. The minimum absolute atomic E-state index is 0. The summed E-state index contributed by atoms with van der Waals surface area (Å²) < 4.78 is 16.8.